The molecule has 0 aliphatic heterocycles. The van der Waals surface area contributed by atoms with Crippen LogP contribution in [0, 0.1) is 12.8 Å². The third-order valence-corrected chi connectivity index (χ3v) is 2.58. The van der Waals surface area contributed by atoms with E-state index >= 15 is 0 Å². The van der Waals surface area contributed by atoms with E-state index in [1.165, 1.54) is 0 Å². The Kier molecular flexibility index (Phi) is 2.69. The molecule has 0 saturated heterocycles. The highest BCUT2D eigenvalue weighted by Gasteiger charge is 2.09. The van der Waals surface area contributed by atoms with E-state index in [-0.39, 0.29) is 11.8 Å². The fourth-order valence-corrected chi connectivity index (χ4v) is 1.68. The summed E-state index contributed by atoms with van der Waals surface area (Å²) in [7, 11) is 0. The molecule has 0 fully saturated rings. The third-order valence-electron chi connectivity index (χ3n) is 2.58. The molecule has 84 valence electrons. The van der Waals surface area contributed by atoms with Crippen molar-refractivity contribution in [3.8, 4) is 0 Å². The molecule has 16 heavy (non-hydrogen) atoms. The molecule has 1 aromatic carbocycles. The number of amides is 1. The summed E-state index contributed by atoms with van der Waals surface area (Å²) in [6, 6.07) is 7.92. The minimum absolute atomic E-state index is 0.00436. The lowest BCUT2D eigenvalue weighted by Crippen LogP contribution is -2.17. The van der Waals surface area contributed by atoms with Gasteiger partial charge in [0, 0.05) is 22.5 Å². The number of aromatic amines is 1. The van der Waals surface area contributed by atoms with Crippen molar-refractivity contribution >= 4 is 22.5 Å². The number of carbonyl (C=O) groups is 1. The molecule has 0 unspecified atom stereocenters. The molecule has 0 spiro atoms. The van der Waals surface area contributed by atoms with Crippen LogP contribution in [0.2, 0.25) is 0 Å². The Labute approximate surface area is 94.9 Å². The van der Waals surface area contributed by atoms with Crippen molar-refractivity contribution in [2.75, 3.05) is 5.32 Å². The number of nitrogens with one attached hydrogen (secondary N) is 2. The fraction of sp³-hybridized carbons (Fsp3) is 0.308. The van der Waals surface area contributed by atoms with Gasteiger partial charge < -0.3 is 10.3 Å². The lowest BCUT2D eigenvalue weighted by molar-refractivity contribution is -0.118. The molecule has 1 aromatic heterocycles. The Morgan fingerprint density at radius 1 is 1.38 bits per heavy atom. The standard InChI is InChI=1S/C13H16N2O/c1-8(2)13(16)15-12-6-4-5-11-10(12)7-9(3)14-11/h4-8,14H,1-3H3,(H,15,16). The summed E-state index contributed by atoms with van der Waals surface area (Å²) in [6.07, 6.45) is 0. The van der Waals surface area contributed by atoms with Crippen LogP contribution in [0.3, 0.4) is 0 Å². The highest BCUT2D eigenvalue weighted by atomic mass is 16.1. The summed E-state index contributed by atoms with van der Waals surface area (Å²) in [5.41, 5.74) is 3.03. The molecule has 0 aliphatic carbocycles. The number of aromatic nitrogens is 1. The zero-order chi connectivity index (χ0) is 11.7. The highest BCUT2D eigenvalue weighted by Crippen LogP contribution is 2.24. The van der Waals surface area contributed by atoms with Crippen LogP contribution in [0.4, 0.5) is 5.69 Å². The van der Waals surface area contributed by atoms with Gasteiger partial charge in [-0.2, -0.15) is 0 Å². The molecule has 0 saturated carbocycles. The predicted octanol–water partition coefficient (Wildman–Crippen LogP) is 3.07. The maximum atomic E-state index is 11.6. The second-order valence-corrected chi connectivity index (χ2v) is 4.36. The topological polar surface area (TPSA) is 44.9 Å². The Morgan fingerprint density at radius 2 is 2.12 bits per heavy atom. The van der Waals surface area contributed by atoms with Gasteiger partial charge in [-0.05, 0) is 25.1 Å². The van der Waals surface area contributed by atoms with Crippen molar-refractivity contribution in [1.29, 1.82) is 0 Å². The smallest absolute Gasteiger partial charge is 0.226 e. The number of fused-ring (bicyclic) bond motifs is 1. The molecule has 0 atom stereocenters. The van der Waals surface area contributed by atoms with Gasteiger partial charge >= 0.3 is 0 Å². The van der Waals surface area contributed by atoms with E-state index in [1.54, 1.807) is 0 Å². The SMILES string of the molecule is Cc1cc2c(NC(=O)C(C)C)cccc2[nH]1. The number of carbonyl (C=O) groups excluding carboxylic acids is 1. The molecule has 3 nitrogen and oxygen atoms in total. The first-order chi connectivity index (χ1) is 7.58. The van der Waals surface area contributed by atoms with Crippen LogP contribution in [0.25, 0.3) is 10.9 Å². The fourth-order valence-electron chi connectivity index (χ4n) is 1.68. The Morgan fingerprint density at radius 3 is 2.81 bits per heavy atom. The minimum Gasteiger partial charge on any atom is -0.359 e. The molecular formula is C13H16N2O. The van der Waals surface area contributed by atoms with Crippen LogP contribution >= 0.6 is 0 Å². The number of H-pyrrole nitrogens is 1. The van der Waals surface area contributed by atoms with Crippen LogP contribution in [-0.4, -0.2) is 10.9 Å². The summed E-state index contributed by atoms with van der Waals surface area (Å²) >= 11 is 0. The number of anilines is 1. The highest BCUT2D eigenvalue weighted by molar-refractivity contribution is 6.02. The summed E-state index contributed by atoms with van der Waals surface area (Å²) in [5, 5.41) is 4.00. The van der Waals surface area contributed by atoms with Crippen LogP contribution in [-0.2, 0) is 4.79 Å². The number of benzene rings is 1. The van der Waals surface area contributed by atoms with Crippen LogP contribution in [0.5, 0.6) is 0 Å². The van der Waals surface area contributed by atoms with Crippen molar-refractivity contribution in [1.82, 2.24) is 4.98 Å². The minimum atomic E-state index is -0.00436. The molecule has 0 bridgehead atoms. The average molecular weight is 216 g/mol. The quantitative estimate of drug-likeness (QED) is 0.796. The molecule has 0 radical (unpaired) electrons. The normalized spacial score (nSPS) is 11.0. The number of hydrogen-bond donors (Lipinski definition) is 2. The van der Waals surface area contributed by atoms with Crippen molar-refractivity contribution in [2.45, 2.75) is 20.8 Å². The zero-order valence-electron chi connectivity index (χ0n) is 9.79. The van der Waals surface area contributed by atoms with Gasteiger partial charge in [-0.3, -0.25) is 4.79 Å². The summed E-state index contributed by atoms with van der Waals surface area (Å²) < 4.78 is 0. The molecule has 3 heteroatoms. The van der Waals surface area contributed by atoms with Crippen LogP contribution in [0.15, 0.2) is 24.3 Å². The van der Waals surface area contributed by atoms with Crippen molar-refractivity contribution < 1.29 is 4.79 Å². The lowest BCUT2D eigenvalue weighted by atomic mass is 10.1. The zero-order valence-corrected chi connectivity index (χ0v) is 9.79. The second kappa shape index (κ2) is 4.00. The summed E-state index contributed by atoms with van der Waals surface area (Å²) in [6.45, 7) is 5.78. The van der Waals surface area contributed by atoms with Gasteiger partial charge in [0.1, 0.15) is 0 Å². The first-order valence-electron chi connectivity index (χ1n) is 5.47. The van der Waals surface area contributed by atoms with Gasteiger partial charge in [-0.1, -0.05) is 19.9 Å². The van der Waals surface area contributed by atoms with Gasteiger partial charge in [0.25, 0.3) is 0 Å². The molecule has 2 rings (SSSR count). The molecule has 1 amide bonds. The van der Waals surface area contributed by atoms with E-state index in [4.69, 9.17) is 0 Å². The maximum Gasteiger partial charge on any atom is 0.226 e. The van der Waals surface area contributed by atoms with Crippen LogP contribution < -0.4 is 5.32 Å². The largest absolute Gasteiger partial charge is 0.359 e. The van der Waals surface area contributed by atoms with Gasteiger partial charge in [-0.15, -0.1) is 0 Å². The second-order valence-electron chi connectivity index (χ2n) is 4.36. The average Bonchev–Trinajstić information content (AvgIpc) is 2.59. The number of hydrogen-bond acceptors (Lipinski definition) is 1. The molecule has 2 aromatic rings. The van der Waals surface area contributed by atoms with E-state index in [0.717, 1.165) is 22.3 Å². The Balaban J connectivity index is 2.40. The molecular weight excluding hydrogens is 200 g/mol. The first kappa shape index (κ1) is 10.7. The molecule has 0 aliphatic rings. The van der Waals surface area contributed by atoms with E-state index in [0.29, 0.717) is 0 Å². The predicted molar refractivity (Wildman–Crippen MR) is 66.5 cm³/mol. The monoisotopic (exact) mass is 216 g/mol. The maximum absolute atomic E-state index is 11.6. The number of aryl methyl sites for hydroxylation is 1. The van der Waals surface area contributed by atoms with Crippen LogP contribution in [0.1, 0.15) is 19.5 Å². The van der Waals surface area contributed by atoms with Gasteiger partial charge in [0.15, 0.2) is 0 Å². The van der Waals surface area contributed by atoms with Crippen molar-refractivity contribution in [2.24, 2.45) is 5.92 Å². The van der Waals surface area contributed by atoms with E-state index in [1.807, 2.05) is 45.0 Å². The molecule has 2 N–H and O–H groups in total. The van der Waals surface area contributed by atoms with E-state index < -0.39 is 0 Å². The summed E-state index contributed by atoms with van der Waals surface area (Å²) in [5.74, 6) is 0.0432. The van der Waals surface area contributed by atoms with E-state index in [9.17, 15) is 4.79 Å². The van der Waals surface area contributed by atoms with Crippen molar-refractivity contribution in [3.05, 3.63) is 30.0 Å². The summed E-state index contributed by atoms with van der Waals surface area (Å²) in [4.78, 5) is 14.9. The lowest BCUT2D eigenvalue weighted by Gasteiger charge is -2.08. The molecule has 1 heterocycles. The number of rotatable bonds is 2. The first-order valence-corrected chi connectivity index (χ1v) is 5.47. The van der Waals surface area contributed by atoms with Gasteiger partial charge in [-0.25, -0.2) is 0 Å². The van der Waals surface area contributed by atoms with E-state index in [2.05, 4.69) is 10.3 Å². The Bertz CT molecular complexity index is 526. The Hall–Kier alpha value is -1.77. The van der Waals surface area contributed by atoms with Gasteiger partial charge in [0.2, 0.25) is 5.91 Å². The third kappa shape index (κ3) is 1.94. The van der Waals surface area contributed by atoms with Crippen molar-refractivity contribution in [3.63, 3.8) is 0 Å². The van der Waals surface area contributed by atoms with Gasteiger partial charge in [0.05, 0.1) is 5.69 Å².